The fourth-order valence-corrected chi connectivity index (χ4v) is 11.2. The third-order valence-electron chi connectivity index (χ3n) is 16.8. The van der Waals surface area contributed by atoms with Crippen molar-refractivity contribution in [3.8, 4) is 0 Å². The number of amides is 7. The van der Waals surface area contributed by atoms with E-state index >= 15 is 0 Å². The number of aliphatic hydroxyl groups is 9. The molecule has 0 saturated carbocycles. The molecule has 3 heterocycles. The summed E-state index contributed by atoms with van der Waals surface area (Å²) in [5.41, 5.74) is 0. The number of methoxy groups -OCH3 is 1. The fourth-order valence-electron chi connectivity index (χ4n) is 11.2. The Bertz CT molecular complexity index is 2460. The van der Waals surface area contributed by atoms with E-state index in [0.29, 0.717) is 38.7 Å². The molecule has 40 nitrogen and oxygen atoms in total. The Morgan fingerprint density at radius 2 is 0.667 bits per heavy atom. The average Bonchev–Trinajstić information content (AvgIpc) is 0.821. The highest BCUT2D eigenvalue weighted by Crippen LogP contribution is 2.25. The van der Waals surface area contributed by atoms with Crippen LogP contribution in [0.25, 0.3) is 0 Å². The number of carbonyl (C=O) groups is 8. The molecule has 0 bridgehead atoms. The van der Waals surface area contributed by atoms with E-state index in [1.165, 1.54) is 20.8 Å². The van der Waals surface area contributed by atoms with Gasteiger partial charge >= 0.3 is 0 Å². The van der Waals surface area contributed by atoms with Crippen LogP contribution in [-0.2, 0) is 114 Å². The Hall–Kier alpha value is -5.04. The third-order valence-corrected chi connectivity index (χ3v) is 16.8. The van der Waals surface area contributed by atoms with E-state index < -0.39 is 166 Å². The summed E-state index contributed by atoms with van der Waals surface area (Å²) in [6.07, 6.45) is -9.38. The van der Waals surface area contributed by atoms with Crippen molar-refractivity contribution in [2.45, 2.75) is 202 Å². The topological polar surface area (TPSA) is 551 Å². The normalized spacial score (nSPS) is 24.8. The number of hydrogen-bond donors (Lipinski definition) is 16. The zero-order valence-electron chi connectivity index (χ0n) is 62.7. The molecule has 0 spiro atoms. The first kappa shape index (κ1) is 97.2. The number of ketones is 1. The highest BCUT2D eigenvalue weighted by Gasteiger charge is 2.48. The average molecular weight is 1570 g/mol. The smallest absolute Gasteiger partial charge is 0.246 e. The van der Waals surface area contributed by atoms with Gasteiger partial charge in [-0.3, -0.25) is 38.4 Å². The van der Waals surface area contributed by atoms with Gasteiger partial charge in [-0.15, -0.1) is 0 Å². The molecule has 3 saturated heterocycles. The Balaban J connectivity index is 1.45. The maximum Gasteiger partial charge on any atom is 0.246 e. The molecule has 7 amide bonds. The minimum absolute atomic E-state index is 0.00726. The first-order chi connectivity index (χ1) is 52.1. The third kappa shape index (κ3) is 41.5. The molecule has 8 unspecified atom stereocenters. The van der Waals surface area contributed by atoms with Gasteiger partial charge in [0, 0.05) is 54.0 Å². The lowest BCUT2D eigenvalue weighted by Crippen LogP contribution is -2.64. The minimum atomic E-state index is -1.47. The van der Waals surface area contributed by atoms with Gasteiger partial charge in [-0.2, -0.15) is 0 Å². The number of nitrogens with one attached hydrogen (secondary N) is 7. The molecular weight excluding hydrogens is 1440 g/mol. The monoisotopic (exact) mass is 1570 g/mol. The molecule has 16 N–H and O–H groups in total. The number of ether oxygens (including phenoxy) is 16. The molecule has 40 heteroatoms. The first-order valence-corrected chi connectivity index (χ1v) is 36.9. The van der Waals surface area contributed by atoms with Crippen LogP contribution in [0.15, 0.2) is 0 Å². The molecule has 108 heavy (non-hydrogen) atoms. The van der Waals surface area contributed by atoms with Gasteiger partial charge in [0.1, 0.15) is 98.9 Å². The molecule has 3 fully saturated rings. The predicted molar refractivity (Wildman–Crippen MR) is 373 cm³/mol. The van der Waals surface area contributed by atoms with Crippen LogP contribution in [0.5, 0.6) is 0 Å². The lowest BCUT2D eigenvalue weighted by molar-refractivity contribution is -0.272. The zero-order valence-corrected chi connectivity index (χ0v) is 62.7. The molecule has 0 aromatic rings. The number of hydrogen-bond acceptors (Lipinski definition) is 33. The van der Waals surface area contributed by atoms with E-state index in [4.69, 9.17) is 75.8 Å². The number of rotatable bonds is 64. The molecule has 3 aliphatic heterocycles. The van der Waals surface area contributed by atoms with E-state index in [0.717, 1.165) is 25.7 Å². The number of unbranched alkanes of at least 4 members (excludes halogenated alkanes) is 6. The predicted octanol–water partition coefficient (Wildman–Crippen LogP) is -6.88. The Morgan fingerprint density at radius 3 is 1.01 bits per heavy atom. The molecule has 0 radical (unpaired) electrons. The van der Waals surface area contributed by atoms with Gasteiger partial charge in [-0.25, -0.2) is 0 Å². The highest BCUT2D eigenvalue weighted by molar-refractivity contribution is 5.93. The van der Waals surface area contributed by atoms with E-state index in [-0.39, 0.29) is 176 Å². The van der Waals surface area contributed by atoms with Crippen molar-refractivity contribution in [1.29, 1.82) is 0 Å². The van der Waals surface area contributed by atoms with Crippen molar-refractivity contribution >= 4 is 47.1 Å². The van der Waals surface area contributed by atoms with Gasteiger partial charge in [0.15, 0.2) is 24.7 Å². The second kappa shape index (κ2) is 59.7. The molecule has 3 rings (SSSR count). The molecular formula is C68H123N7O33. The molecule has 17 atom stereocenters. The first-order valence-electron chi connectivity index (χ1n) is 36.9. The van der Waals surface area contributed by atoms with Gasteiger partial charge in [-0.05, 0) is 51.4 Å². The fraction of sp³-hybridized carbons (Fsp3) is 0.882. The quantitative estimate of drug-likeness (QED) is 0.0252. The van der Waals surface area contributed by atoms with Crippen LogP contribution in [0.1, 0.15) is 97.8 Å². The van der Waals surface area contributed by atoms with Crippen molar-refractivity contribution in [2.24, 2.45) is 0 Å². The summed E-state index contributed by atoms with van der Waals surface area (Å²) in [7, 11) is 1.63. The molecule has 0 aliphatic carbocycles. The van der Waals surface area contributed by atoms with Crippen LogP contribution in [0.3, 0.4) is 0 Å². The summed E-state index contributed by atoms with van der Waals surface area (Å²) in [5.74, 6) is -3.69. The lowest BCUT2D eigenvalue weighted by Gasteiger charge is -2.42. The molecule has 628 valence electrons. The van der Waals surface area contributed by atoms with Crippen molar-refractivity contribution in [3.63, 3.8) is 0 Å². The number of aliphatic hydroxyl groups excluding tert-OH is 9. The summed E-state index contributed by atoms with van der Waals surface area (Å²) in [4.78, 5) is 102. The van der Waals surface area contributed by atoms with Gasteiger partial charge < -0.3 is 159 Å². The van der Waals surface area contributed by atoms with Crippen molar-refractivity contribution < 1.29 is 160 Å². The van der Waals surface area contributed by atoms with Crippen molar-refractivity contribution in [3.05, 3.63) is 0 Å². The summed E-state index contributed by atoms with van der Waals surface area (Å²) in [6, 6.07) is -5.32. The molecule has 0 aromatic heterocycles. The molecule has 0 aromatic carbocycles. The van der Waals surface area contributed by atoms with Gasteiger partial charge in [0.25, 0.3) is 0 Å². The van der Waals surface area contributed by atoms with Crippen LogP contribution in [0.4, 0.5) is 0 Å². The van der Waals surface area contributed by atoms with Crippen molar-refractivity contribution in [1.82, 2.24) is 37.2 Å². The van der Waals surface area contributed by atoms with E-state index in [9.17, 15) is 84.3 Å². The standard InChI is InChI=1S/C68H123N7O33/c1-44(79)71-56-62(89)59(86)50(38-76)106-66(56)103-35-32-97-23-20-94-26-29-100-41-53(83)69-17-11-9-14-47(49(82)16-8-6-5-7-13-19-93-4)75-65(92)48(74-55(85)43-102-31-28-96-22-25-99-34-37-105-68-58(73-46(3)81)64(91)61(88)52(40-78)108-68)15-10-12-18-70-54(84)42-101-30-27-95-21-24-98-33-36-104-67-57(72-45(2)80)63(90)60(87)51(39-77)107-67/h47-48,50-52,56-64,66-68,76-78,86-91H,5-43H2,1-4H3,(H,69,83)(H,70,84)(H,71,79)(H,72,80)(H,73,81)(H,74,85)(H,75,92)/t47?,48?,50?,51?,52?,56?,57?,58?,59-,60-,61-,62+,63+,64+,66+,67+,68+/m0/s1. The van der Waals surface area contributed by atoms with E-state index in [2.05, 4.69) is 37.2 Å². The van der Waals surface area contributed by atoms with Crippen LogP contribution in [0.2, 0.25) is 0 Å². The SMILES string of the molecule is COCCCCCCCC(=O)C(CCCCNC(=O)COCCOCCOCCO[C@@H]1OC(CO)[C@H](O)[C@H](O)C1NC(C)=O)NC(=O)C(CCCCNC(=O)COCCOCCOCCO[C@@H]1OC(CO)[C@H](O)[C@H](O)C1NC(C)=O)NC(=O)COCCOCCOCCO[C@@H]1OC(CO)[C@H](O)[C@H](O)C1NC(C)=O. The summed E-state index contributed by atoms with van der Waals surface area (Å²) >= 11 is 0. The van der Waals surface area contributed by atoms with Crippen LogP contribution in [0, 0.1) is 0 Å². The second-order valence-corrected chi connectivity index (χ2v) is 25.6. The van der Waals surface area contributed by atoms with Crippen LogP contribution < -0.4 is 37.2 Å². The summed E-state index contributed by atoms with van der Waals surface area (Å²) < 4.78 is 88.1. The Morgan fingerprint density at radius 1 is 0.352 bits per heavy atom. The Kier molecular flexibility index (Phi) is 53.7. The minimum Gasteiger partial charge on any atom is -0.394 e. The van der Waals surface area contributed by atoms with Crippen LogP contribution in [-0.4, -0.2) is 382 Å². The maximum atomic E-state index is 14.2. The van der Waals surface area contributed by atoms with Crippen LogP contribution >= 0.6 is 0 Å². The molecule has 3 aliphatic rings. The largest absolute Gasteiger partial charge is 0.394 e. The van der Waals surface area contributed by atoms with E-state index in [1.54, 1.807) is 7.11 Å². The Labute approximate surface area is 629 Å². The second-order valence-electron chi connectivity index (χ2n) is 25.6. The van der Waals surface area contributed by atoms with Gasteiger partial charge in [0.05, 0.1) is 145 Å². The number of carbonyl (C=O) groups excluding carboxylic acids is 8. The van der Waals surface area contributed by atoms with Gasteiger partial charge in [-0.1, -0.05) is 19.3 Å². The summed E-state index contributed by atoms with van der Waals surface area (Å²) in [6.45, 7) is 3.69. The van der Waals surface area contributed by atoms with E-state index in [1.807, 2.05) is 0 Å². The highest BCUT2D eigenvalue weighted by atomic mass is 16.7. The van der Waals surface area contributed by atoms with Crippen molar-refractivity contribution in [2.75, 3.05) is 185 Å². The lowest BCUT2D eigenvalue weighted by atomic mass is 9.97. The maximum absolute atomic E-state index is 14.2. The van der Waals surface area contributed by atoms with Gasteiger partial charge in [0.2, 0.25) is 41.4 Å². The summed E-state index contributed by atoms with van der Waals surface area (Å²) in [5, 5.41) is 109. The zero-order chi connectivity index (χ0) is 79.3. The number of Topliss-reactive ketones (excluding diaryl/α,β-unsaturated/α-hetero) is 1.